The Morgan fingerprint density at radius 2 is 1.71 bits per heavy atom. The van der Waals surface area contributed by atoms with Crippen LogP contribution in [-0.4, -0.2) is 11.5 Å². The number of hydrogen-bond donors (Lipinski definition) is 1. The number of thiocarbonyl (C=S) groups is 1. The molecular formula is C16H16F2N2S. The number of benzene rings is 2. The Bertz CT molecular complexity index is 641. The van der Waals surface area contributed by atoms with Crippen LogP contribution in [0.2, 0.25) is 0 Å². The fraction of sp³-hybridized carbons (Fsp3) is 0.188. The van der Waals surface area contributed by atoms with Crippen molar-refractivity contribution in [1.82, 2.24) is 0 Å². The topological polar surface area (TPSA) is 29.3 Å². The first kappa shape index (κ1) is 15.4. The first-order chi connectivity index (χ1) is 10.0. The van der Waals surface area contributed by atoms with Gasteiger partial charge in [0.05, 0.1) is 0 Å². The quantitative estimate of drug-likeness (QED) is 0.855. The number of nitrogens with zero attached hydrogens (tertiary/aromatic N) is 1. The molecule has 2 aromatic carbocycles. The van der Waals surface area contributed by atoms with Crippen molar-refractivity contribution in [2.75, 3.05) is 11.4 Å². The molecule has 2 N–H and O–H groups in total. The van der Waals surface area contributed by atoms with Crippen molar-refractivity contribution >= 4 is 22.9 Å². The molecule has 2 rings (SSSR count). The van der Waals surface area contributed by atoms with E-state index in [9.17, 15) is 8.78 Å². The Kier molecular flexibility index (Phi) is 4.85. The molecule has 0 fully saturated rings. The van der Waals surface area contributed by atoms with Crippen LogP contribution >= 0.6 is 12.2 Å². The van der Waals surface area contributed by atoms with E-state index in [4.69, 9.17) is 18.0 Å². The standard InChI is InChI=1S/C16H16F2N2S/c1-2-20(14-6-3-12(17)4-7-14)10-11-9-13(18)5-8-15(11)16(19)21/h3-9H,2,10H2,1H3,(H2,19,21). The van der Waals surface area contributed by atoms with Crippen molar-refractivity contribution in [3.8, 4) is 0 Å². The lowest BCUT2D eigenvalue weighted by molar-refractivity contribution is 0.624. The molecule has 0 atom stereocenters. The second-order valence-electron chi connectivity index (χ2n) is 4.66. The summed E-state index contributed by atoms with van der Waals surface area (Å²) in [5, 5.41) is 0. The first-order valence-corrected chi connectivity index (χ1v) is 7.01. The second-order valence-corrected chi connectivity index (χ2v) is 5.10. The lowest BCUT2D eigenvalue weighted by Crippen LogP contribution is -2.24. The van der Waals surface area contributed by atoms with Crippen LogP contribution in [0.5, 0.6) is 0 Å². The molecule has 5 heteroatoms. The molecule has 0 aliphatic carbocycles. The largest absolute Gasteiger partial charge is 0.389 e. The van der Waals surface area contributed by atoms with Gasteiger partial charge in [-0.15, -0.1) is 0 Å². The number of halogens is 2. The molecule has 2 aromatic rings. The van der Waals surface area contributed by atoms with Crippen LogP contribution in [0.15, 0.2) is 42.5 Å². The van der Waals surface area contributed by atoms with Crippen LogP contribution in [0.25, 0.3) is 0 Å². The summed E-state index contributed by atoms with van der Waals surface area (Å²) in [6, 6.07) is 10.5. The molecule has 21 heavy (non-hydrogen) atoms. The zero-order valence-electron chi connectivity index (χ0n) is 11.6. The van der Waals surface area contributed by atoms with Crippen LogP contribution in [0.3, 0.4) is 0 Å². The minimum atomic E-state index is -0.333. The zero-order chi connectivity index (χ0) is 15.4. The van der Waals surface area contributed by atoms with E-state index in [1.54, 1.807) is 18.2 Å². The first-order valence-electron chi connectivity index (χ1n) is 6.60. The number of rotatable bonds is 5. The summed E-state index contributed by atoms with van der Waals surface area (Å²) in [6.45, 7) is 3.12. The molecule has 2 nitrogen and oxygen atoms in total. The Balaban J connectivity index is 2.32. The number of anilines is 1. The zero-order valence-corrected chi connectivity index (χ0v) is 12.5. The van der Waals surface area contributed by atoms with E-state index in [0.29, 0.717) is 24.2 Å². The van der Waals surface area contributed by atoms with E-state index < -0.39 is 0 Å². The van der Waals surface area contributed by atoms with E-state index in [1.807, 2.05) is 11.8 Å². The Labute approximate surface area is 128 Å². The highest BCUT2D eigenvalue weighted by molar-refractivity contribution is 7.80. The molecule has 0 unspecified atom stereocenters. The van der Waals surface area contributed by atoms with Crippen molar-refractivity contribution < 1.29 is 8.78 Å². The van der Waals surface area contributed by atoms with Gasteiger partial charge in [0, 0.05) is 24.3 Å². The minimum absolute atomic E-state index is 0.236. The van der Waals surface area contributed by atoms with Gasteiger partial charge in [0.2, 0.25) is 0 Å². The maximum Gasteiger partial charge on any atom is 0.123 e. The van der Waals surface area contributed by atoms with Crippen molar-refractivity contribution in [2.24, 2.45) is 5.73 Å². The summed E-state index contributed by atoms with van der Waals surface area (Å²) in [4.78, 5) is 2.23. The highest BCUT2D eigenvalue weighted by Gasteiger charge is 2.11. The molecule has 0 heterocycles. The van der Waals surface area contributed by atoms with Crippen LogP contribution < -0.4 is 10.6 Å². The van der Waals surface area contributed by atoms with Gasteiger partial charge in [0.1, 0.15) is 16.6 Å². The third-order valence-electron chi connectivity index (χ3n) is 3.27. The maximum atomic E-state index is 13.5. The normalized spacial score (nSPS) is 10.4. The van der Waals surface area contributed by atoms with Crippen molar-refractivity contribution in [2.45, 2.75) is 13.5 Å². The molecule has 0 saturated carbocycles. The fourth-order valence-corrected chi connectivity index (χ4v) is 2.38. The van der Waals surface area contributed by atoms with E-state index >= 15 is 0 Å². The van der Waals surface area contributed by atoms with Crippen molar-refractivity contribution in [3.63, 3.8) is 0 Å². The van der Waals surface area contributed by atoms with Gasteiger partial charge in [-0.25, -0.2) is 8.78 Å². The van der Waals surface area contributed by atoms with E-state index in [0.717, 1.165) is 5.69 Å². The van der Waals surface area contributed by atoms with Gasteiger partial charge in [-0.2, -0.15) is 0 Å². The molecule has 0 amide bonds. The third-order valence-corrected chi connectivity index (χ3v) is 3.49. The molecule has 110 valence electrons. The van der Waals surface area contributed by atoms with Crippen LogP contribution in [0, 0.1) is 11.6 Å². The van der Waals surface area contributed by atoms with Crippen molar-refractivity contribution in [1.29, 1.82) is 0 Å². The van der Waals surface area contributed by atoms with E-state index in [2.05, 4.69) is 0 Å². The van der Waals surface area contributed by atoms with Crippen LogP contribution in [0.4, 0.5) is 14.5 Å². The summed E-state index contributed by atoms with van der Waals surface area (Å²) in [6.07, 6.45) is 0. The SMILES string of the molecule is CCN(Cc1cc(F)ccc1C(N)=S)c1ccc(F)cc1. The Hall–Kier alpha value is -2.01. The molecule has 0 radical (unpaired) electrons. The average Bonchev–Trinajstić information content (AvgIpc) is 2.45. The molecular weight excluding hydrogens is 290 g/mol. The van der Waals surface area contributed by atoms with Crippen LogP contribution in [0.1, 0.15) is 18.1 Å². The van der Waals surface area contributed by atoms with Gasteiger partial charge < -0.3 is 10.6 Å². The average molecular weight is 306 g/mol. The Morgan fingerprint density at radius 3 is 2.29 bits per heavy atom. The molecule has 0 bridgehead atoms. The number of nitrogens with two attached hydrogens (primary N) is 1. The smallest absolute Gasteiger partial charge is 0.123 e. The van der Waals surface area contributed by atoms with Gasteiger partial charge in [0.15, 0.2) is 0 Å². The highest BCUT2D eigenvalue weighted by Crippen LogP contribution is 2.20. The fourth-order valence-electron chi connectivity index (χ4n) is 2.18. The van der Waals surface area contributed by atoms with Gasteiger partial charge in [-0.3, -0.25) is 0 Å². The van der Waals surface area contributed by atoms with Crippen LogP contribution in [-0.2, 0) is 6.54 Å². The van der Waals surface area contributed by atoms with E-state index in [-0.39, 0.29) is 16.6 Å². The maximum absolute atomic E-state index is 13.5. The van der Waals surface area contributed by atoms with Gasteiger partial charge in [-0.05, 0) is 55.0 Å². The molecule has 0 spiro atoms. The lowest BCUT2D eigenvalue weighted by Gasteiger charge is -2.24. The summed E-state index contributed by atoms with van der Waals surface area (Å²) in [7, 11) is 0. The third kappa shape index (κ3) is 3.76. The lowest BCUT2D eigenvalue weighted by atomic mass is 10.1. The van der Waals surface area contributed by atoms with Gasteiger partial charge >= 0.3 is 0 Å². The summed E-state index contributed by atoms with van der Waals surface area (Å²) < 4.78 is 26.5. The predicted octanol–water partition coefficient (Wildman–Crippen LogP) is 3.63. The monoisotopic (exact) mass is 306 g/mol. The summed E-state index contributed by atoms with van der Waals surface area (Å²) in [5.41, 5.74) is 7.92. The molecule has 0 saturated heterocycles. The highest BCUT2D eigenvalue weighted by atomic mass is 32.1. The molecule has 0 aromatic heterocycles. The van der Waals surface area contributed by atoms with Crippen molar-refractivity contribution in [3.05, 3.63) is 65.2 Å². The summed E-state index contributed by atoms with van der Waals surface area (Å²) in [5.74, 6) is -0.621. The van der Waals surface area contributed by atoms with Gasteiger partial charge in [0.25, 0.3) is 0 Å². The second kappa shape index (κ2) is 6.63. The van der Waals surface area contributed by atoms with E-state index in [1.165, 1.54) is 24.3 Å². The predicted molar refractivity (Wildman–Crippen MR) is 85.4 cm³/mol. The molecule has 0 aliphatic rings. The number of hydrogen-bond acceptors (Lipinski definition) is 2. The molecule has 0 aliphatic heterocycles. The summed E-state index contributed by atoms with van der Waals surface area (Å²) >= 11 is 5.00. The van der Waals surface area contributed by atoms with Gasteiger partial charge in [-0.1, -0.05) is 12.2 Å². The Morgan fingerprint density at radius 1 is 1.10 bits per heavy atom. The minimum Gasteiger partial charge on any atom is -0.389 e.